The van der Waals surface area contributed by atoms with Crippen molar-refractivity contribution >= 4 is 0 Å². The fraction of sp³-hybridized carbons (Fsp3) is 0.333. The zero-order chi connectivity index (χ0) is 14.0. The lowest BCUT2D eigenvalue weighted by atomic mass is 9.86. The molecule has 104 valence electrons. The third-order valence-electron chi connectivity index (χ3n) is 3.90. The van der Waals surface area contributed by atoms with Crippen molar-refractivity contribution in [3.05, 3.63) is 65.2 Å². The predicted molar refractivity (Wildman–Crippen MR) is 80.0 cm³/mol. The van der Waals surface area contributed by atoms with Crippen molar-refractivity contribution < 1.29 is 9.84 Å². The van der Waals surface area contributed by atoms with Gasteiger partial charge >= 0.3 is 0 Å². The lowest BCUT2D eigenvalue weighted by Crippen LogP contribution is -2.26. The highest BCUT2D eigenvalue weighted by molar-refractivity contribution is 5.46. The number of aryl methyl sites for hydroxylation is 1. The molecule has 0 fully saturated rings. The van der Waals surface area contributed by atoms with Crippen LogP contribution in [0.5, 0.6) is 5.75 Å². The second-order valence-corrected chi connectivity index (χ2v) is 5.68. The van der Waals surface area contributed by atoms with Crippen molar-refractivity contribution in [2.45, 2.75) is 31.8 Å². The third-order valence-corrected chi connectivity index (χ3v) is 3.90. The molecule has 1 unspecified atom stereocenters. The van der Waals surface area contributed by atoms with Gasteiger partial charge in [0, 0.05) is 12.0 Å². The molecule has 2 aromatic carbocycles. The average molecular weight is 268 g/mol. The van der Waals surface area contributed by atoms with Crippen LogP contribution in [-0.2, 0) is 18.4 Å². The van der Waals surface area contributed by atoms with Gasteiger partial charge in [0.2, 0.25) is 0 Å². The highest BCUT2D eigenvalue weighted by Gasteiger charge is 2.29. The van der Waals surface area contributed by atoms with Crippen LogP contribution in [-0.4, -0.2) is 11.7 Å². The van der Waals surface area contributed by atoms with Crippen LogP contribution >= 0.6 is 0 Å². The first-order chi connectivity index (χ1) is 9.67. The van der Waals surface area contributed by atoms with E-state index < -0.39 is 5.60 Å². The molecule has 0 radical (unpaired) electrons. The Balaban J connectivity index is 1.95. The van der Waals surface area contributed by atoms with Gasteiger partial charge in [0.15, 0.2) is 0 Å². The molecule has 1 N–H and O–H groups in total. The minimum atomic E-state index is -0.913. The number of benzene rings is 2. The summed E-state index contributed by atoms with van der Waals surface area (Å²) in [6.07, 6.45) is 2.68. The monoisotopic (exact) mass is 268 g/mol. The maximum Gasteiger partial charge on any atom is 0.128 e. The molecule has 1 aliphatic heterocycles. The minimum absolute atomic E-state index is 0.591. The van der Waals surface area contributed by atoms with Crippen LogP contribution < -0.4 is 4.74 Å². The van der Waals surface area contributed by atoms with Crippen LogP contribution in [0.4, 0.5) is 0 Å². The quantitative estimate of drug-likeness (QED) is 0.923. The first-order valence-corrected chi connectivity index (χ1v) is 7.18. The van der Waals surface area contributed by atoms with E-state index in [1.807, 2.05) is 49.4 Å². The summed E-state index contributed by atoms with van der Waals surface area (Å²) >= 11 is 0. The standard InChI is InChI=1S/C18H20O2/c1-18(19,13-14-7-3-2-4-8-14)16-11-5-9-15-10-6-12-20-17(15)16/h2-5,7-9,11,19H,6,10,12-13H2,1H3. The molecular weight excluding hydrogens is 248 g/mol. The molecule has 0 amide bonds. The van der Waals surface area contributed by atoms with Crippen molar-refractivity contribution in [3.63, 3.8) is 0 Å². The summed E-state index contributed by atoms with van der Waals surface area (Å²) in [5, 5.41) is 10.9. The van der Waals surface area contributed by atoms with Gasteiger partial charge in [-0.25, -0.2) is 0 Å². The maximum absolute atomic E-state index is 10.9. The van der Waals surface area contributed by atoms with Gasteiger partial charge < -0.3 is 9.84 Å². The number of ether oxygens (including phenoxy) is 1. The van der Waals surface area contributed by atoms with Gasteiger partial charge in [0.25, 0.3) is 0 Å². The van der Waals surface area contributed by atoms with Crippen LogP contribution in [0.3, 0.4) is 0 Å². The summed E-state index contributed by atoms with van der Waals surface area (Å²) in [7, 11) is 0. The van der Waals surface area contributed by atoms with Crippen LogP contribution in [0.2, 0.25) is 0 Å². The first kappa shape index (κ1) is 13.2. The summed E-state index contributed by atoms with van der Waals surface area (Å²) in [6, 6.07) is 16.2. The average Bonchev–Trinajstić information content (AvgIpc) is 2.47. The normalized spacial score (nSPS) is 16.9. The smallest absolute Gasteiger partial charge is 0.128 e. The molecule has 2 aromatic rings. The topological polar surface area (TPSA) is 29.5 Å². The Morgan fingerprint density at radius 2 is 1.90 bits per heavy atom. The van der Waals surface area contributed by atoms with E-state index in [1.54, 1.807) is 0 Å². The Labute approximate surface area is 120 Å². The molecule has 0 aromatic heterocycles. The molecule has 1 atom stereocenters. The van der Waals surface area contributed by atoms with Gasteiger partial charge in [-0.05, 0) is 30.9 Å². The molecule has 0 aliphatic carbocycles. The Morgan fingerprint density at radius 3 is 2.70 bits per heavy atom. The molecule has 1 heterocycles. The Hall–Kier alpha value is -1.80. The van der Waals surface area contributed by atoms with Gasteiger partial charge in [-0.1, -0.05) is 48.5 Å². The number of fused-ring (bicyclic) bond motifs is 1. The van der Waals surface area contributed by atoms with Crippen molar-refractivity contribution in [1.29, 1.82) is 0 Å². The van der Waals surface area contributed by atoms with E-state index in [0.717, 1.165) is 36.3 Å². The van der Waals surface area contributed by atoms with E-state index in [4.69, 9.17) is 4.74 Å². The summed E-state index contributed by atoms with van der Waals surface area (Å²) in [5.41, 5.74) is 2.33. The van der Waals surface area contributed by atoms with Gasteiger partial charge in [-0.2, -0.15) is 0 Å². The Kier molecular flexibility index (Phi) is 3.49. The molecule has 3 rings (SSSR count). The number of aliphatic hydroxyl groups is 1. The van der Waals surface area contributed by atoms with Crippen molar-refractivity contribution in [3.8, 4) is 5.75 Å². The maximum atomic E-state index is 10.9. The minimum Gasteiger partial charge on any atom is -0.493 e. The van der Waals surface area contributed by atoms with Crippen molar-refractivity contribution in [2.24, 2.45) is 0 Å². The molecule has 2 heteroatoms. The first-order valence-electron chi connectivity index (χ1n) is 7.18. The molecule has 0 bridgehead atoms. The number of hydrogen-bond donors (Lipinski definition) is 1. The number of para-hydroxylation sites is 1. The SMILES string of the molecule is CC(O)(Cc1ccccc1)c1cccc2c1OCCC2. The van der Waals surface area contributed by atoms with Gasteiger partial charge in [-0.3, -0.25) is 0 Å². The largest absolute Gasteiger partial charge is 0.493 e. The second-order valence-electron chi connectivity index (χ2n) is 5.68. The highest BCUT2D eigenvalue weighted by atomic mass is 16.5. The fourth-order valence-corrected chi connectivity index (χ4v) is 2.90. The van der Waals surface area contributed by atoms with E-state index in [2.05, 4.69) is 6.07 Å². The lowest BCUT2D eigenvalue weighted by Gasteiger charge is -2.29. The molecular formula is C18H20O2. The lowest BCUT2D eigenvalue weighted by molar-refractivity contribution is 0.0535. The molecule has 1 aliphatic rings. The predicted octanol–water partition coefficient (Wildman–Crippen LogP) is 3.46. The summed E-state index contributed by atoms with van der Waals surface area (Å²) in [4.78, 5) is 0. The molecule has 0 saturated heterocycles. The van der Waals surface area contributed by atoms with E-state index in [0.29, 0.717) is 6.42 Å². The number of hydrogen-bond acceptors (Lipinski definition) is 2. The zero-order valence-corrected chi connectivity index (χ0v) is 11.8. The molecule has 20 heavy (non-hydrogen) atoms. The van der Waals surface area contributed by atoms with Gasteiger partial charge in [-0.15, -0.1) is 0 Å². The van der Waals surface area contributed by atoms with E-state index in [9.17, 15) is 5.11 Å². The van der Waals surface area contributed by atoms with Crippen LogP contribution in [0, 0.1) is 0 Å². The van der Waals surface area contributed by atoms with E-state index in [-0.39, 0.29) is 0 Å². The van der Waals surface area contributed by atoms with Crippen molar-refractivity contribution in [2.75, 3.05) is 6.61 Å². The summed E-state index contributed by atoms with van der Waals surface area (Å²) in [5.74, 6) is 0.889. The number of rotatable bonds is 3. The van der Waals surface area contributed by atoms with Gasteiger partial charge in [0.1, 0.15) is 5.75 Å². The van der Waals surface area contributed by atoms with Crippen LogP contribution in [0.1, 0.15) is 30.0 Å². The third kappa shape index (κ3) is 2.56. The molecule has 0 spiro atoms. The Bertz CT molecular complexity index is 588. The van der Waals surface area contributed by atoms with Crippen molar-refractivity contribution in [1.82, 2.24) is 0 Å². The molecule has 0 saturated carbocycles. The van der Waals surface area contributed by atoms with Crippen LogP contribution in [0.15, 0.2) is 48.5 Å². The zero-order valence-electron chi connectivity index (χ0n) is 11.8. The highest BCUT2D eigenvalue weighted by Crippen LogP contribution is 2.37. The summed E-state index contributed by atoms with van der Waals surface area (Å²) < 4.78 is 5.82. The van der Waals surface area contributed by atoms with Crippen LogP contribution in [0.25, 0.3) is 0 Å². The Morgan fingerprint density at radius 1 is 1.10 bits per heavy atom. The van der Waals surface area contributed by atoms with Gasteiger partial charge in [0.05, 0.1) is 12.2 Å². The fourth-order valence-electron chi connectivity index (χ4n) is 2.90. The van der Waals surface area contributed by atoms with E-state index >= 15 is 0 Å². The molecule has 2 nitrogen and oxygen atoms in total. The second kappa shape index (κ2) is 5.29. The summed E-state index contributed by atoms with van der Waals surface area (Å²) in [6.45, 7) is 2.61. The van der Waals surface area contributed by atoms with E-state index in [1.165, 1.54) is 5.56 Å².